The van der Waals surface area contributed by atoms with Gasteiger partial charge in [0.15, 0.2) is 0 Å². The van der Waals surface area contributed by atoms with E-state index in [1.807, 2.05) is 30.6 Å². The van der Waals surface area contributed by atoms with Crippen LogP contribution < -0.4 is 5.73 Å². The van der Waals surface area contributed by atoms with Crippen LogP contribution in [0, 0.1) is 0 Å². The number of carbonyl (C=O) groups is 1. The number of nitrogen functional groups attached to an aromatic ring is 1. The number of hydrogen-bond acceptors (Lipinski definition) is 7. The van der Waals surface area contributed by atoms with Gasteiger partial charge in [-0.2, -0.15) is 0 Å². The van der Waals surface area contributed by atoms with Gasteiger partial charge in [0, 0.05) is 36.6 Å². The molecule has 4 rings (SSSR count). The second-order valence-corrected chi connectivity index (χ2v) is 8.52. The summed E-state index contributed by atoms with van der Waals surface area (Å²) < 4.78 is 0. The maximum absolute atomic E-state index is 13.0. The molecule has 0 saturated carbocycles. The van der Waals surface area contributed by atoms with Crippen molar-refractivity contribution in [3.63, 3.8) is 0 Å². The molecular weight excluding hydrogens is 348 g/mol. The van der Waals surface area contributed by atoms with Gasteiger partial charge in [-0.25, -0.2) is 15.0 Å². The highest BCUT2D eigenvalue weighted by Gasteiger charge is 2.45. The van der Waals surface area contributed by atoms with E-state index in [4.69, 9.17) is 5.73 Å². The molecule has 1 unspecified atom stereocenters. The minimum absolute atomic E-state index is 0.0285. The molecule has 3 heterocycles. The maximum Gasteiger partial charge on any atom is 0.273 e. The standard InChI is InChI=1S/C18H24N6OS/c1-23(2)9-14-21-13(10-26-14)16(25)24-7-3-5-18(11-24)6-4-12-8-20-17(19)22-15(12)18/h8,10H,3-7,9,11H2,1-2H3,(H2,19,20,22). The Labute approximate surface area is 157 Å². The van der Waals surface area contributed by atoms with E-state index in [0.717, 1.165) is 49.5 Å². The number of likely N-dealkylation sites (tertiary alicyclic amines) is 1. The van der Waals surface area contributed by atoms with Crippen LogP contribution in [-0.2, 0) is 18.4 Å². The van der Waals surface area contributed by atoms with E-state index in [0.29, 0.717) is 18.2 Å². The summed E-state index contributed by atoms with van der Waals surface area (Å²) in [4.78, 5) is 30.2. The molecule has 0 radical (unpaired) electrons. The number of rotatable bonds is 3. The Morgan fingerprint density at radius 2 is 2.23 bits per heavy atom. The predicted molar refractivity (Wildman–Crippen MR) is 101 cm³/mol. The lowest BCUT2D eigenvalue weighted by Gasteiger charge is -2.40. The number of hydrogen-bond donors (Lipinski definition) is 1. The number of nitrogens with two attached hydrogens (primary N) is 1. The van der Waals surface area contributed by atoms with Crippen molar-refractivity contribution in [1.82, 2.24) is 24.8 Å². The summed E-state index contributed by atoms with van der Waals surface area (Å²) in [6.45, 7) is 2.22. The van der Waals surface area contributed by atoms with Crippen molar-refractivity contribution >= 4 is 23.2 Å². The van der Waals surface area contributed by atoms with Gasteiger partial charge in [0.2, 0.25) is 5.95 Å². The minimum atomic E-state index is -0.0806. The molecule has 1 amide bonds. The van der Waals surface area contributed by atoms with Crippen molar-refractivity contribution in [2.24, 2.45) is 0 Å². The predicted octanol–water partition coefficient (Wildman–Crippen LogP) is 1.70. The third-order valence-corrected chi connectivity index (χ3v) is 6.18. The zero-order valence-corrected chi connectivity index (χ0v) is 16.1. The Morgan fingerprint density at radius 1 is 1.38 bits per heavy atom. The number of amides is 1. The fourth-order valence-corrected chi connectivity index (χ4v) is 5.06. The summed E-state index contributed by atoms with van der Waals surface area (Å²) in [7, 11) is 4.00. The zero-order chi connectivity index (χ0) is 18.3. The first kappa shape index (κ1) is 17.4. The molecule has 2 aliphatic rings. The van der Waals surface area contributed by atoms with Gasteiger partial charge in [-0.3, -0.25) is 4.79 Å². The molecule has 2 aromatic rings. The smallest absolute Gasteiger partial charge is 0.273 e. The van der Waals surface area contributed by atoms with Gasteiger partial charge in [0.25, 0.3) is 5.91 Å². The van der Waals surface area contributed by atoms with Crippen molar-refractivity contribution < 1.29 is 4.79 Å². The Kier molecular flexibility index (Phi) is 4.40. The van der Waals surface area contributed by atoms with E-state index >= 15 is 0 Å². The van der Waals surface area contributed by atoms with Crippen LogP contribution in [0.2, 0.25) is 0 Å². The summed E-state index contributed by atoms with van der Waals surface area (Å²) >= 11 is 1.55. The van der Waals surface area contributed by atoms with Crippen LogP contribution >= 0.6 is 11.3 Å². The first-order chi connectivity index (χ1) is 12.5. The minimum Gasteiger partial charge on any atom is -0.368 e. The molecule has 1 atom stereocenters. The molecule has 1 aliphatic heterocycles. The summed E-state index contributed by atoms with van der Waals surface area (Å²) in [6, 6.07) is 0. The summed E-state index contributed by atoms with van der Waals surface area (Å²) in [5.74, 6) is 0.349. The highest BCUT2D eigenvalue weighted by Crippen LogP contribution is 2.44. The van der Waals surface area contributed by atoms with Crippen LogP contribution in [0.1, 0.15) is 46.0 Å². The number of aromatic nitrogens is 3. The average molecular weight is 372 g/mol. The van der Waals surface area contributed by atoms with E-state index in [1.54, 1.807) is 11.3 Å². The van der Waals surface area contributed by atoms with Crippen LogP contribution in [0.4, 0.5) is 5.95 Å². The second kappa shape index (κ2) is 6.59. The molecule has 0 bridgehead atoms. The Hall–Kier alpha value is -2.06. The van der Waals surface area contributed by atoms with Crippen molar-refractivity contribution in [3.8, 4) is 0 Å². The van der Waals surface area contributed by atoms with Crippen LogP contribution in [0.3, 0.4) is 0 Å². The van der Waals surface area contributed by atoms with Gasteiger partial charge >= 0.3 is 0 Å². The molecule has 1 aliphatic carbocycles. The fourth-order valence-electron chi connectivity index (χ4n) is 4.17. The second-order valence-electron chi connectivity index (χ2n) is 7.58. The monoisotopic (exact) mass is 372 g/mol. The number of anilines is 1. The number of nitrogens with zero attached hydrogens (tertiary/aromatic N) is 5. The van der Waals surface area contributed by atoms with Crippen molar-refractivity contribution in [2.45, 2.75) is 37.6 Å². The van der Waals surface area contributed by atoms with Gasteiger partial charge in [-0.1, -0.05) is 0 Å². The topological polar surface area (TPSA) is 88.2 Å². The summed E-state index contributed by atoms with van der Waals surface area (Å²) in [5.41, 5.74) is 8.54. The summed E-state index contributed by atoms with van der Waals surface area (Å²) in [5, 5.41) is 2.85. The number of fused-ring (bicyclic) bond motifs is 2. The van der Waals surface area contributed by atoms with Crippen LogP contribution in [0.25, 0.3) is 0 Å². The van der Waals surface area contributed by atoms with Gasteiger partial charge in [-0.05, 0) is 45.3 Å². The molecular formula is C18H24N6OS. The number of thiazole rings is 1. The van der Waals surface area contributed by atoms with Crippen molar-refractivity contribution in [1.29, 1.82) is 0 Å². The molecule has 0 aromatic carbocycles. The van der Waals surface area contributed by atoms with Gasteiger partial charge in [-0.15, -0.1) is 11.3 Å². The summed E-state index contributed by atoms with van der Waals surface area (Å²) in [6.07, 6.45) is 5.84. The molecule has 2 N–H and O–H groups in total. The average Bonchev–Trinajstić information content (AvgIpc) is 3.20. The fraction of sp³-hybridized carbons (Fsp3) is 0.556. The van der Waals surface area contributed by atoms with E-state index in [1.165, 1.54) is 5.56 Å². The third kappa shape index (κ3) is 3.07. The van der Waals surface area contributed by atoms with E-state index in [-0.39, 0.29) is 11.3 Å². The first-order valence-electron chi connectivity index (χ1n) is 8.97. The quantitative estimate of drug-likeness (QED) is 0.882. The Balaban J connectivity index is 1.55. The number of aryl methyl sites for hydroxylation is 1. The molecule has 2 aromatic heterocycles. The van der Waals surface area contributed by atoms with E-state index in [2.05, 4.69) is 19.9 Å². The highest BCUT2D eigenvalue weighted by atomic mass is 32.1. The van der Waals surface area contributed by atoms with E-state index in [9.17, 15) is 4.79 Å². The Morgan fingerprint density at radius 3 is 3.04 bits per heavy atom. The largest absolute Gasteiger partial charge is 0.368 e. The molecule has 1 saturated heterocycles. The molecule has 7 nitrogen and oxygen atoms in total. The third-order valence-electron chi connectivity index (χ3n) is 5.34. The lowest BCUT2D eigenvalue weighted by atomic mass is 9.77. The van der Waals surface area contributed by atoms with Crippen LogP contribution in [0.5, 0.6) is 0 Å². The highest BCUT2D eigenvalue weighted by molar-refractivity contribution is 7.09. The van der Waals surface area contributed by atoms with Crippen molar-refractivity contribution in [3.05, 3.63) is 33.5 Å². The normalized spacial score (nSPS) is 22.2. The maximum atomic E-state index is 13.0. The number of carbonyl (C=O) groups excluding carboxylic acids is 1. The zero-order valence-electron chi connectivity index (χ0n) is 15.2. The molecule has 8 heteroatoms. The molecule has 1 spiro atoms. The lowest BCUT2D eigenvalue weighted by Crippen LogP contribution is -2.48. The Bertz CT molecular complexity index is 831. The van der Waals surface area contributed by atoms with Crippen molar-refractivity contribution in [2.75, 3.05) is 32.9 Å². The van der Waals surface area contributed by atoms with Crippen LogP contribution in [0.15, 0.2) is 11.6 Å². The van der Waals surface area contributed by atoms with Gasteiger partial charge < -0.3 is 15.5 Å². The van der Waals surface area contributed by atoms with E-state index < -0.39 is 0 Å². The molecule has 26 heavy (non-hydrogen) atoms. The number of piperidine rings is 1. The first-order valence-corrected chi connectivity index (χ1v) is 9.85. The SMILES string of the molecule is CN(C)Cc1nc(C(=O)N2CCCC3(CCc4cnc(N)nc43)C2)cs1. The van der Waals surface area contributed by atoms with Crippen LogP contribution in [-0.4, -0.2) is 57.8 Å². The molecule has 1 fully saturated rings. The van der Waals surface area contributed by atoms with Gasteiger partial charge in [0.1, 0.15) is 10.7 Å². The van der Waals surface area contributed by atoms with Gasteiger partial charge in [0.05, 0.1) is 5.69 Å². The molecule has 138 valence electrons. The lowest BCUT2D eigenvalue weighted by molar-refractivity contribution is 0.0628.